The summed E-state index contributed by atoms with van der Waals surface area (Å²) >= 11 is 0. The van der Waals surface area contributed by atoms with Gasteiger partial charge < -0.3 is 9.84 Å². The third kappa shape index (κ3) is 3.30. The summed E-state index contributed by atoms with van der Waals surface area (Å²) in [6.07, 6.45) is 3.37. The molecule has 4 aromatic rings. The molecular formula is C33H34O2. The van der Waals surface area contributed by atoms with Crippen LogP contribution in [-0.2, 0) is 5.41 Å². The molecule has 2 aliphatic carbocycles. The Labute approximate surface area is 208 Å². The average molecular weight is 463 g/mol. The highest BCUT2D eigenvalue weighted by Crippen LogP contribution is 2.65. The van der Waals surface area contributed by atoms with Gasteiger partial charge in [-0.25, -0.2) is 0 Å². The Hall–Kier alpha value is -3.26. The first-order chi connectivity index (χ1) is 16.6. The number of rotatable bonds is 2. The Morgan fingerprint density at radius 3 is 2.03 bits per heavy atom. The van der Waals surface area contributed by atoms with Crippen molar-refractivity contribution in [3.05, 3.63) is 83.9 Å². The molecule has 0 atom stereocenters. The molecule has 2 nitrogen and oxygen atoms in total. The Kier molecular flexibility index (Phi) is 4.68. The van der Waals surface area contributed by atoms with Crippen LogP contribution in [0.25, 0.3) is 33.0 Å². The first-order valence-electron chi connectivity index (χ1n) is 12.7. The van der Waals surface area contributed by atoms with E-state index in [1.54, 1.807) is 7.11 Å². The number of benzene rings is 4. The minimum absolute atomic E-state index is 0.102. The summed E-state index contributed by atoms with van der Waals surface area (Å²) in [4.78, 5) is 0. The number of aromatic hydroxyl groups is 1. The van der Waals surface area contributed by atoms with E-state index in [1.165, 1.54) is 28.7 Å². The van der Waals surface area contributed by atoms with E-state index in [0.717, 1.165) is 40.5 Å². The lowest BCUT2D eigenvalue weighted by molar-refractivity contribution is 0.0645. The molecule has 0 heterocycles. The Bertz CT molecular complexity index is 1440. The first kappa shape index (κ1) is 22.2. The Morgan fingerprint density at radius 2 is 1.34 bits per heavy atom. The summed E-state index contributed by atoms with van der Waals surface area (Å²) in [5, 5.41) is 13.4. The number of phenolic OH excluding ortho intramolecular Hbond substituents is 1. The van der Waals surface area contributed by atoms with Crippen LogP contribution in [0, 0.1) is 10.8 Å². The lowest BCUT2D eigenvalue weighted by atomic mass is 9.52. The Balaban J connectivity index is 1.72. The molecular weight excluding hydrogens is 428 g/mol. The number of ether oxygens (including phenoxy) is 1. The van der Waals surface area contributed by atoms with Crippen molar-refractivity contribution in [1.29, 1.82) is 0 Å². The predicted octanol–water partition coefficient (Wildman–Crippen LogP) is 8.72. The zero-order chi connectivity index (χ0) is 24.6. The fourth-order valence-corrected chi connectivity index (χ4v) is 7.87. The highest BCUT2D eigenvalue weighted by atomic mass is 16.5. The largest absolute Gasteiger partial charge is 0.507 e. The number of hydrogen-bond donors (Lipinski definition) is 1. The standard InChI is InChI=1S/C33H34O2/c1-31(2)18-32(3,4)20-33(19-31)26-14-10-9-13-22(26)30-25-15-23(21-11-7-6-8-12-21)29(35-5)16-24(25)28(34)17-27(30)33/h6-17,34H,18-20H2,1-5H3. The van der Waals surface area contributed by atoms with Gasteiger partial charge in [0.1, 0.15) is 11.5 Å². The van der Waals surface area contributed by atoms with Crippen LogP contribution in [0.5, 0.6) is 11.5 Å². The summed E-state index contributed by atoms with van der Waals surface area (Å²) in [5.41, 5.74) is 7.77. The molecule has 0 unspecified atom stereocenters. The van der Waals surface area contributed by atoms with E-state index in [2.05, 4.69) is 88.4 Å². The van der Waals surface area contributed by atoms with Gasteiger partial charge in [-0.1, -0.05) is 82.3 Å². The van der Waals surface area contributed by atoms with E-state index in [-0.39, 0.29) is 16.2 Å². The van der Waals surface area contributed by atoms with Crippen molar-refractivity contribution in [3.8, 4) is 33.8 Å². The molecule has 1 saturated carbocycles. The number of methoxy groups -OCH3 is 1. The zero-order valence-corrected chi connectivity index (χ0v) is 21.4. The molecule has 35 heavy (non-hydrogen) atoms. The SMILES string of the molecule is COc1cc2c(O)cc3c(c2cc1-c1ccccc1)-c1ccccc1C31CC(C)(C)CC(C)(C)C1. The summed E-state index contributed by atoms with van der Waals surface area (Å²) in [6.45, 7) is 9.65. The highest BCUT2D eigenvalue weighted by molar-refractivity contribution is 6.07. The van der Waals surface area contributed by atoms with E-state index in [1.807, 2.05) is 12.1 Å². The third-order valence-electron chi connectivity index (χ3n) is 8.27. The van der Waals surface area contributed by atoms with Crippen molar-refractivity contribution in [2.45, 2.75) is 52.4 Å². The summed E-state index contributed by atoms with van der Waals surface area (Å²) in [6, 6.07) is 25.6. The summed E-state index contributed by atoms with van der Waals surface area (Å²) in [7, 11) is 1.70. The maximum atomic E-state index is 11.4. The fourth-order valence-electron chi connectivity index (χ4n) is 7.87. The molecule has 6 rings (SSSR count). The van der Waals surface area contributed by atoms with Gasteiger partial charge in [0.15, 0.2) is 0 Å². The van der Waals surface area contributed by atoms with Gasteiger partial charge >= 0.3 is 0 Å². The normalized spacial score (nSPS) is 18.9. The molecule has 1 spiro atoms. The van der Waals surface area contributed by atoms with Gasteiger partial charge in [-0.15, -0.1) is 0 Å². The molecule has 0 aromatic heterocycles. The summed E-state index contributed by atoms with van der Waals surface area (Å²) in [5.74, 6) is 1.12. The lowest BCUT2D eigenvalue weighted by Gasteiger charge is -2.51. The smallest absolute Gasteiger partial charge is 0.127 e. The van der Waals surface area contributed by atoms with E-state index in [9.17, 15) is 5.11 Å². The van der Waals surface area contributed by atoms with Crippen molar-refractivity contribution in [3.63, 3.8) is 0 Å². The molecule has 0 radical (unpaired) electrons. The molecule has 0 saturated heterocycles. The highest BCUT2D eigenvalue weighted by Gasteiger charge is 2.53. The van der Waals surface area contributed by atoms with Crippen LogP contribution in [0.2, 0.25) is 0 Å². The molecule has 0 aliphatic heterocycles. The van der Waals surface area contributed by atoms with Crippen LogP contribution in [0.15, 0.2) is 72.8 Å². The van der Waals surface area contributed by atoms with Crippen LogP contribution in [0.3, 0.4) is 0 Å². The van der Waals surface area contributed by atoms with Crippen LogP contribution in [-0.4, -0.2) is 12.2 Å². The van der Waals surface area contributed by atoms with Crippen molar-refractivity contribution in [1.82, 2.24) is 0 Å². The molecule has 2 heteroatoms. The van der Waals surface area contributed by atoms with E-state index >= 15 is 0 Å². The first-order valence-corrected chi connectivity index (χ1v) is 12.7. The average Bonchev–Trinajstić information content (AvgIpc) is 3.05. The van der Waals surface area contributed by atoms with Crippen LogP contribution >= 0.6 is 0 Å². The monoisotopic (exact) mass is 462 g/mol. The minimum atomic E-state index is -0.102. The number of hydrogen-bond acceptors (Lipinski definition) is 2. The quantitative estimate of drug-likeness (QED) is 0.323. The third-order valence-corrected chi connectivity index (χ3v) is 8.27. The van der Waals surface area contributed by atoms with Crippen molar-refractivity contribution in [2.24, 2.45) is 10.8 Å². The maximum absolute atomic E-state index is 11.4. The fraction of sp³-hybridized carbons (Fsp3) is 0.333. The van der Waals surface area contributed by atoms with Crippen LogP contribution < -0.4 is 4.74 Å². The molecule has 0 bridgehead atoms. The minimum Gasteiger partial charge on any atom is -0.507 e. The second-order valence-corrected chi connectivity index (χ2v) is 12.3. The molecule has 2 aliphatic rings. The number of fused-ring (bicyclic) bond motifs is 7. The van der Waals surface area contributed by atoms with E-state index in [4.69, 9.17) is 4.74 Å². The topological polar surface area (TPSA) is 29.5 Å². The molecule has 4 aromatic carbocycles. The van der Waals surface area contributed by atoms with Gasteiger partial charge in [-0.3, -0.25) is 0 Å². The zero-order valence-electron chi connectivity index (χ0n) is 21.4. The maximum Gasteiger partial charge on any atom is 0.127 e. The molecule has 0 amide bonds. The van der Waals surface area contributed by atoms with Gasteiger partial charge in [0.2, 0.25) is 0 Å². The lowest BCUT2D eigenvalue weighted by Crippen LogP contribution is -2.43. The van der Waals surface area contributed by atoms with Crippen molar-refractivity contribution < 1.29 is 9.84 Å². The second kappa shape index (κ2) is 7.37. The van der Waals surface area contributed by atoms with Gasteiger partial charge in [0, 0.05) is 16.4 Å². The van der Waals surface area contributed by atoms with Crippen LogP contribution in [0.4, 0.5) is 0 Å². The second-order valence-electron chi connectivity index (χ2n) is 12.3. The van der Waals surface area contributed by atoms with Crippen molar-refractivity contribution in [2.75, 3.05) is 7.11 Å². The van der Waals surface area contributed by atoms with E-state index in [0.29, 0.717) is 5.75 Å². The van der Waals surface area contributed by atoms with Crippen LogP contribution in [0.1, 0.15) is 58.1 Å². The van der Waals surface area contributed by atoms with Gasteiger partial charge in [-0.2, -0.15) is 0 Å². The van der Waals surface area contributed by atoms with Gasteiger partial charge in [0.25, 0.3) is 0 Å². The Morgan fingerprint density at radius 1 is 0.686 bits per heavy atom. The molecule has 178 valence electrons. The predicted molar refractivity (Wildman–Crippen MR) is 145 cm³/mol. The molecule has 1 fully saturated rings. The van der Waals surface area contributed by atoms with Gasteiger partial charge in [-0.05, 0) is 81.5 Å². The van der Waals surface area contributed by atoms with Gasteiger partial charge in [0.05, 0.1) is 7.11 Å². The summed E-state index contributed by atoms with van der Waals surface area (Å²) < 4.78 is 5.80. The van der Waals surface area contributed by atoms with Crippen molar-refractivity contribution >= 4 is 10.8 Å². The number of phenols is 1. The van der Waals surface area contributed by atoms with E-state index < -0.39 is 0 Å². The molecule has 1 N–H and O–H groups in total.